The fourth-order valence-electron chi connectivity index (χ4n) is 7.25. The topological polar surface area (TPSA) is 97.4 Å². The highest BCUT2D eigenvalue weighted by Crippen LogP contribution is 2.28. The number of hydrogen-bond acceptors (Lipinski definition) is 8. The Hall–Kier alpha value is -2.61. The summed E-state index contributed by atoms with van der Waals surface area (Å²) in [5.41, 5.74) is -0.124. The van der Waals surface area contributed by atoms with E-state index in [9.17, 15) is 14.4 Å². The van der Waals surface area contributed by atoms with Crippen molar-refractivity contribution in [1.29, 1.82) is 0 Å². The summed E-state index contributed by atoms with van der Waals surface area (Å²) < 4.78 is 30.1. The van der Waals surface area contributed by atoms with E-state index in [1.54, 1.807) is 7.11 Å². The van der Waals surface area contributed by atoms with E-state index in [0.29, 0.717) is 6.42 Å². The molecule has 8 heteroatoms. The van der Waals surface area contributed by atoms with E-state index in [4.69, 9.17) is 23.7 Å². The van der Waals surface area contributed by atoms with E-state index >= 15 is 0 Å². The summed E-state index contributed by atoms with van der Waals surface area (Å²) in [6, 6.07) is 7.67. The largest absolute Gasteiger partial charge is 0.497 e. The van der Waals surface area contributed by atoms with E-state index in [1.807, 2.05) is 24.3 Å². The first-order valence-corrected chi connectivity index (χ1v) is 23.5. The van der Waals surface area contributed by atoms with Gasteiger partial charge in [-0.3, -0.25) is 14.4 Å². The Balaban J connectivity index is 3.37. The molecule has 0 radical (unpaired) electrons. The monoisotopic (exact) mass is 803 g/mol. The number of methoxy groups -OCH3 is 1. The number of esters is 3. The Morgan fingerprint density at radius 3 is 1.28 bits per heavy atom. The van der Waals surface area contributed by atoms with Gasteiger partial charge in [0.05, 0.1) is 37.6 Å². The predicted molar refractivity (Wildman–Crippen MR) is 233 cm³/mol. The molecular formula is C49H86O8. The average Bonchev–Trinajstić information content (AvgIpc) is 3.22. The molecule has 1 aromatic carbocycles. The molecule has 0 saturated heterocycles. The van der Waals surface area contributed by atoms with E-state index in [2.05, 4.69) is 34.6 Å². The maximum absolute atomic E-state index is 13.9. The molecule has 0 aliphatic rings. The van der Waals surface area contributed by atoms with Crippen molar-refractivity contribution in [2.75, 3.05) is 33.5 Å². The quantitative estimate of drug-likeness (QED) is 0.0369. The highest BCUT2D eigenvalue weighted by Gasteiger charge is 2.38. The number of hydrogen-bond donors (Lipinski definition) is 0. The van der Waals surface area contributed by atoms with Crippen molar-refractivity contribution in [3.8, 4) is 5.75 Å². The summed E-state index contributed by atoms with van der Waals surface area (Å²) in [4.78, 5) is 41.0. The van der Waals surface area contributed by atoms with Gasteiger partial charge in [-0.15, -0.1) is 0 Å². The minimum absolute atomic E-state index is 0.0659. The van der Waals surface area contributed by atoms with Crippen molar-refractivity contribution in [1.82, 2.24) is 0 Å². The van der Waals surface area contributed by atoms with Crippen molar-refractivity contribution in [3.05, 3.63) is 29.8 Å². The van der Waals surface area contributed by atoms with Crippen LogP contribution in [0.1, 0.15) is 207 Å². The smallest absolute Gasteiger partial charge is 0.308 e. The second kappa shape index (κ2) is 35.3. The molecule has 0 N–H and O–H groups in total. The summed E-state index contributed by atoms with van der Waals surface area (Å²) >= 11 is 0. The van der Waals surface area contributed by atoms with Gasteiger partial charge >= 0.3 is 17.9 Å². The maximum atomic E-state index is 13.9. The Bertz CT molecular complexity index is 1050. The zero-order valence-corrected chi connectivity index (χ0v) is 37.7. The van der Waals surface area contributed by atoms with Gasteiger partial charge in [0.15, 0.2) is 0 Å². The van der Waals surface area contributed by atoms with Crippen LogP contribution in [-0.4, -0.2) is 51.4 Å². The molecule has 0 fully saturated rings. The molecule has 1 rings (SSSR count). The Morgan fingerprint density at radius 2 is 0.877 bits per heavy atom. The molecule has 0 amide bonds. The first-order chi connectivity index (χ1) is 27.8. The van der Waals surface area contributed by atoms with Crippen LogP contribution in [0.5, 0.6) is 5.75 Å². The molecule has 0 spiro atoms. The summed E-state index contributed by atoms with van der Waals surface area (Å²) in [5, 5.41) is 0. The van der Waals surface area contributed by atoms with Crippen molar-refractivity contribution >= 4 is 17.9 Å². The van der Waals surface area contributed by atoms with Gasteiger partial charge in [0, 0.05) is 6.42 Å². The van der Waals surface area contributed by atoms with Crippen LogP contribution in [0, 0.1) is 17.3 Å². The first kappa shape index (κ1) is 52.4. The van der Waals surface area contributed by atoms with Gasteiger partial charge in [-0.05, 0) is 49.8 Å². The molecular weight excluding hydrogens is 717 g/mol. The minimum Gasteiger partial charge on any atom is -0.497 e. The maximum Gasteiger partial charge on any atom is 0.308 e. The van der Waals surface area contributed by atoms with Crippen LogP contribution in [0.15, 0.2) is 24.3 Å². The van der Waals surface area contributed by atoms with Gasteiger partial charge in [-0.1, -0.05) is 175 Å². The number of carbonyl (C=O) groups is 3. The molecule has 1 aromatic rings. The van der Waals surface area contributed by atoms with Crippen LogP contribution in [0.2, 0.25) is 0 Å². The second-order valence-electron chi connectivity index (χ2n) is 16.7. The van der Waals surface area contributed by atoms with Gasteiger partial charge in [0.2, 0.25) is 0 Å². The zero-order chi connectivity index (χ0) is 41.8. The molecule has 0 unspecified atom stereocenters. The lowest BCUT2D eigenvalue weighted by molar-refractivity contribution is -0.172. The molecule has 0 aliphatic carbocycles. The molecule has 0 bridgehead atoms. The van der Waals surface area contributed by atoms with E-state index in [1.165, 1.54) is 0 Å². The summed E-state index contributed by atoms with van der Waals surface area (Å²) in [6.07, 6.45) is 26.1. The average molecular weight is 803 g/mol. The summed E-state index contributed by atoms with van der Waals surface area (Å²) in [5.74, 6) is -0.368. The lowest BCUT2D eigenvalue weighted by Gasteiger charge is -2.33. The van der Waals surface area contributed by atoms with E-state index in [-0.39, 0.29) is 62.8 Å². The number of ether oxygens (including phenoxy) is 5. The van der Waals surface area contributed by atoms with Crippen LogP contribution in [0.25, 0.3) is 0 Å². The number of unbranched alkanes of at least 4 members (excludes halogenated alkanes) is 16. The van der Waals surface area contributed by atoms with Gasteiger partial charge in [0.25, 0.3) is 0 Å². The predicted octanol–water partition coefficient (Wildman–Crippen LogP) is 13.3. The fourth-order valence-corrected chi connectivity index (χ4v) is 7.25. The van der Waals surface area contributed by atoms with Gasteiger partial charge < -0.3 is 23.7 Å². The molecule has 8 nitrogen and oxygen atoms in total. The van der Waals surface area contributed by atoms with Crippen molar-refractivity contribution in [3.63, 3.8) is 0 Å². The molecule has 0 aromatic heterocycles. The van der Waals surface area contributed by atoms with Crippen LogP contribution >= 0.6 is 0 Å². The fraction of sp³-hybridized carbons (Fsp3) is 0.816. The molecule has 0 atom stereocenters. The molecule has 330 valence electrons. The SMILES string of the molecule is CCCCCCCC(=O)OCC(COCc1ccc(OC)cc1)(COC(=O)C(CCCCCC)CCCCCC)COC(=O)C(CCCCCC)CCCCCC. The van der Waals surface area contributed by atoms with Crippen molar-refractivity contribution < 1.29 is 38.1 Å². The number of benzene rings is 1. The molecule has 0 heterocycles. The number of carbonyl (C=O) groups excluding carboxylic acids is 3. The normalized spacial score (nSPS) is 11.6. The number of rotatable bonds is 39. The van der Waals surface area contributed by atoms with Gasteiger partial charge in [-0.25, -0.2) is 0 Å². The lowest BCUT2D eigenvalue weighted by atomic mass is 9.90. The minimum atomic E-state index is -1.07. The summed E-state index contributed by atoms with van der Waals surface area (Å²) in [6.45, 7) is 11.1. The molecule has 0 saturated carbocycles. The standard InChI is InChI=1S/C49H86O8/c1-7-12-17-22-27-32-46(50)55-39-49(38-54-37-42-33-35-45(53-6)36-34-42,40-56-47(51)43(28-23-18-13-8-2)29-24-19-14-9-3)41-57-48(52)44(30-25-20-15-10-4)31-26-21-16-11-5/h33-36,43-44H,7-32,37-41H2,1-6H3. The van der Waals surface area contributed by atoms with Crippen LogP contribution in [-0.2, 0) is 39.9 Å². The van der Waals surface area contributed by atoms with Gasteiger partial charge in [-0.2, -0.15) is 0 Å². The Kier molecular flexibility index (Phi) is 32.5. The Labute approximate surface area is 349 Å². The lowest BCUT2D eigenvalue weighted by Crippen LogP contribution is -2.44. The van der Waals surface area contributed by atoms with Crippen molar-refractivity contribution in [2.45, 2.75) is 208 Å². The second-order valence-corrected chi connectivity index (χ2v) is 16.7. The van der Waals surface area contributed by atoms with Gasteiger partial charge in [0.1, 0.15) is 25.6 Å². The molecule has 57 heavy (non-hydrogen) atoms. The van der Waals surface area contributed by atoms with Crippen LogP contribution < -0.4 is 4.74 Å². The zero-order valence-electron chi connectivity index (χ0n) is 37.7. The third-order valence-corrected chi connectivity index (χ3v) is 11.2. The highest BCUT2D eigenvalue weighted by molar-refractivity contribution is 5.73. The Morgan fingerprint density at radius 1 is 0.491 bits per heavy atom. The third kappa shape index (κ3) is 26.2. The van der Waals surface area contributed by atoms with E-state index in [0.717, 1.165) is 172 Å². The highest BCUT2D eigenvalue weighted by atomic mass is 16.6. The van der Waals surface area contributed by atoms with Crippen LogP contribution in [0.3, 0.4) is 0 Å². The third-order valence-electron chi connectivity index (χ3n) is 11.2. The first-order valence-electron chi connectivity index (χ1n) is 23.5. The van der Waals surface area contributed by atoms with Crippen molar-refractivity contribution in [2.24, 2.45) is 17.3 Å². The van der Waals surface area contributed by atoms with E-state index < -0.39 is 5.41 Å². The molecule has 0 aliphatic heterocycles. The summed E-state index contributed by atoms with van der Waals surface area (Å²) in [7, 11) is 1.64. The van der Waals surface area contributed by atoms with Crippen LogP contribution in [0.4, 0.5) is 0 Å².